The van der Waals surface area contributed by atoms with E-state index in [1.807, 2.05) is 6.20 Å². The van der Waals surface area contributed by atoms with Gasteiger partial charge in [-0.15, -0.1) is 0 Å². The number of hydrogen-bond donors (Lipinski definition) is 1. The zero-order chi connectivity index (χ0) is 13.9. The van der Waals surface area contributed by atoms with Crippen molar-refractivity contribution >= 4 is 0 Å². The van der Waals surface area contributed by atoms with Crippen LogP contribution in [0.15, 0.2) is 12.4 Å². The normalized spacial score (nSPS) is 21.5. The molecule has 0 aromatic carbocycles. The Hall–Kier alpha value is -0.830. The zero-order valence-corrected chi connectivity index (χ0v) is 12.7. The standard InChI is InChI=1S/C16H29N3/c1-4-10-19-11-9-18-15(19)12-14(17)13-5-7-16(2,3)8-6-13/h9,11,13-14H,4-8,10,12,17H2,1-3H3. The van der Waals surface area contributed by atoms with Crippen LogP contribution in [0.1, 0.15) is 58.7 Å². The molecule has 3 nitrogen and oxygen atoms in total. The summed E-state index contributed by atoms with van der Waals surface area (Å²) in [7, 11) is 0. The predicted molar refractivity (Wildman–Crippen MR) is 79.9 cm³/mol. The number of nitrogens with two attached hydrogens (primary N) is 1. The van der Waals surface area contributed by atoms with Crippen LogP contribution in [-0.4, -0.2) is 15.6 Å². The fourth-order valence-electron chi connectivity index (χ4n) is 3.20. The van der Waals surface area contributed by atoms with Gasteiger partial charge in [0, 0.05) is 31.4 Å². The molecule has 1 heterocycles. The average molecular weight is 263 g/mol. The van der Waals surface area contributed by atoms with Gasteiger partial charge in [0.2, 0.25) is 0 Å². The molecule has 0 radical (unpaired) electrons. The summed E-state index contributed by atoms with van der Waals surface area (Å²) in [6, 6.07) is 0.272. The van der Waals surface area contributed by atoms with E-state index in [2.05, 4.69) is 36.5 Å². The highest BCUT2D eigenvalue weighted by Gasteiger charge is 2.30. The van der Waals surface area contributed by atoms with Gasteiger partial charge in [0.05, 0.1) is 0 Å². The lowest BCUT2D eigenvalue weighted by atomic mass is 9.71. The summed E-state index contributed by atoms with van der Waals surface area (Å²) in [5.74, 6) is 1.85. The molecule has 0 aliphatic heterocycles. The van der Waals surface area contributed by atoms with Gasteiger partial charge in [0.1, 0.15) is 5.82 Å². The number of aryl methyl sites for hydroxylation is 1. The van der Waals surface area contributed by atoms with Gasteiger partial charge in [-0.1, -0.05) is 20.8 Å². The Kier molecular flexibility index (Phi) is 4.67. The van der Waals surface area contributed by atoms with E-state index in [4.69, 9.17) is 5.73 Å². The van der Waals surface area contributed by atoms with Crippen LogP contribution in [0.3, 0.4) is 0 Å². The van der Waals surface area contributed by atoms with Crippen molar-refractivity contribution in [2.45, 2.75) is 71.9 Å². The first-order valence-electron chi connectivity index (χ1n) is 7.77. The Morgan fingerprint density at radius 3 is 2.74 bits per heavy atom. The summed E-state index contributed by atoms with van der Waals surface area (Å²) in [5.41, 5.74) is 6.96. The van der Waals surface area contributed by atoms with Crippen LogP contribution in [0.25, 0.3) is 0 Å². The quantitative estimate of drug-likeness (QED) is 0.885. The Bertz CT molecular complexity index is 384. The van der Waals surface area contributed by atoms with Crippen LogP contribution in [0.5, 0.6) is 0 Å². The van der Waals surface area contributed by atoms with Crippen LogP contribution in [-0.2, 0) is 13.0 Å². The van der Waals surface area contributed by atoms with Crippen molar-refractivity contribution in [3.63, 3.8) is 0 Å². The minimum Gasteiger partial charge on any atom is -0.335 e. The highest BCUT2D eigenvalue weighted by molar-refractivity contribution is 4.97. The van der Waals surface area contributed by atoms with Crippen LogP contribution in [0.4, 0.5) is 0 Å². The molecule has 1 aromatic heterocycles. The first-order valence-corrected chi connectivity index (χ1v) is 7.77. The maximum atomic E-state index is 6.44. The van der Waals surface area contributed by atoms with E-state index in [1.165, 1.54) is 31.5 Å². The molecule has 0 saturated heterocycles. The summed E-state index contributed by atoms with van der Waals surface area (Å²) in [5, 5.41) is 0. The average Bonchev–Trinajstić information content (AvgIpc) is 2.77. The molecule has 1 aliphatic rings. The lowest BCUT2D eigenvalue weighted by molar-refractivity contribution is 0.172. The highest BCUT2D eigenvalue weighted by Crippen LogP contribution is 2.39. The Morgan fingerprint density at radius 2 is 2.11 bits per heavy atom. The van der Waals surface area contributed by atoms with Crippen molar-refractivity contribution in [2.24, 2.45) is 17.1 Å². The van der Waals surface area contributed by atoms with E-state index in [9.17, 15) is 0 Å². The number of imidazole rings is 1. The lowest BCUT2D eigenvalue weighted by Gasteiger charge is -2.36. The number of rotatable bonds is 5. The summed E-state index contributed by atoms with van der Waals surface area (Å²) >= 11 is 0. The second-order valence-electron chi connectivity index (χ2n) is 6.91. The van der Waals surface area contributed by atoms with Gasteiger partial charge in [-0.05, 0) is 43.4 Å². The molecule has 108 valence electrons. The van der Waals surface area contributed by atoms with Crippen LogP contribution in [0.2, 0.25) is 0 Å². The van der Waals surface area contributed by atoms with Crippen molar-refractivity contribution in [1.82, 2.24) is 9.55 Å². The topological polar surface area (TPSA) is 43.8 Å². The molecule has 1 saturated carbocycles. The zero-order valence-electron chi connectivity index (χ0n) is 12.7. The first-order chi connectivity index (χ1) is 9.02. The van der Waals surface area contributed by atoms with E-state index in [-0.39, 0.29) is 6.04 Å². The number of nitrogens with zero attached hydrogens (tertiary/aromatic N) is 2. The summed E-state index contributed by atoms with van der Waals surface area (Å²) in [4.78, 5) is 4.48. The SMILES string of the molecule is CCCn1ccnc1CC(N)C1CCC(C)(C)CC1. The van der Waals surface area contributed by atoms with Gasteiger partial charge in [-0.3, -0.25) is 0 Å². The molecule has 3 heteroatoms. The minimum atomic E-state index is 0.272. The highest BCUT2D eigenvalue weighted by atomic mass is 15.1. The van der Waals surface area contributed by atoms with Crippen LogP contribution < -0.4 is 5.73 Å². The number of aromatic nitrogens is 2. The Balaban J connectivity index is 1.90. The monoisotopic (exact) mass is 263 g/mol. The first kappa shape index (κ1) is 14.6. The number of hydrogen-bond acceptors (Lipinski definition) is 2. The van der Waals surface area contributed by atoms with E-state index in [0.29, 0.717) is 11.3 Å². The van der Waals surface area contributed by atoms with Crippen molar-refractivity contribution in [1.29, 1.82) is 0 Å². The third-order valence-corrected chi connectivity index (χ3v) is 4.67. The summed E-state index contributed by atoms with van der Waals surface area (Å²) in [6.07, 6.45) is 11.3. The van der Waals surface area contributed by atoms with Gasteiger partial charge < -0.3 is 10.3 Å². The second kappa shape index (κ2) is 6.08. The minimum absolute atomic E-state index is 0.272. The fourth-order valence-corrected chi connectivity index (χ4v) is 3.20. The van der Waals surface area contributed by atoms with E-state index >= 15 is 0 Å². The molecule has 0 bridgehead atoms. The molecule has 1 unspecified atom stereocenters. The van der Waals surface area contributed by atoms with Gasteiger partial charge in [-0.25, -0.2) is 4.98 Å². The van der Waals surface area contributed by atoms with E-state index in [1.54, 1.807) is 0 Å². The predicted octanol–water partition coefficient (Wildman–Crippen LogP) is 3.38. The second-order valence-corrected chi connectivity index (χ2v) is 6.91. The third kappa shape index (κ3) is 3.82. The molecular formula is C16H29N3. The summed E-state index contributed by atoms with van der Waals surface area (Å²) in [6.45, 7) is 8.01. The van der Waals surface area contributed by atoms with Crippen LogP contribution in [0, 0.1) is 11.3 Å². The van der Waals surface area contributed by atoms with E-state index < -0.39 is 0 Å². The molecule has 0 amide bonds. The smallest absolute Gasteiger partial charge is 0.110 e. The molecule has 19 heavy (non-hydrogen) atoms. The van der Waals surface area contributed by atoms with Crippen molar-refractivity contribution in [3.05, 3.63) is 18.2 Å². The molecule has 2 N–H and O–H groups in total. The molecule has 1 fully saturated rings. The lowest BCUT2D eigenvalue weighted by Crippen LogP contribution is -2.37. The maximum absolute atomic E-state index is 6.44. The molecule has 0 spiro atoms. The van der Waals surface area contributed by atoms with Crippen molar-refractivity contribution < 1.29 is 0 Å². The Morgan fingerprint density at radius 1 is 1.42 bits per heavy atom. The summed E-state index contributed by atoms with van der Waals surface area (Å²) < 4.78 is 2.26. The van der Waals surface area contributed by atoms with Gasteiger partial charge >= 0.3 is 0 Å². The molecule has 1 aliphatic carbocycles. The molecular weight excluding hydrogens is 234 g/mol. The Labute approximate surface area is 117 Å². The largest absolute Gasteiger partial charge is 0.335 e. The maximum Gasteiger partial charge on any atom is 0.110 e. The van der Waals surface area contributed by atoms with Crippen LogP contribution >= 0.6 is 0 Å². The van der Waals surface area contributed by atoms with Crippen molar-refractivity contribution in [3.8, 4) is 0 Å². The van der Waals surface area contributed by atoms with Gasteiger partial charge in [0.25, 0.3) is 0 Å². The van der Waals surface area contributed by atoms with E-state index in [0.717, 1.165) is 19.4 Å². The van der Waals surface area contributed by atoms with Crippen molar-refractivity contribution in [2.75, 3.05) is 0 Å². The third-order valence-electron chi connectivity index (χ3n) is 4.67. The molecule has 1 aromatic rings. The molecule has 1 atom stereocenters. The fraction of sp³-hybridized carbons (Fsp3) is 0.812. The van der Waals surface area contributed by atoms with Gasteiger partial charge in [0.15, 0.2) is 0 Å². The van der Waals surface area contributed by atoms with Gasteiger partial charge in [-0.2, -0.15) is 0 Å². The molecule has 2 rings (SSSR count).